The van der Waals surface area contributed by atoms with Gasteiger partial charge in [0.25, 0.3) is 0 Å². The molecule has 0 bridgehead atoms. The summed E-state index contributed by atoms with van der Waals surface area (Å²) in [6, 6.07) is 0.360. The standard InChI is InChI=1S/C12H22N4/c1-12(5-3-4-6-12)11(15-13)7-10-8-14-16(2)9-10/h8-9,11,15H,3-7,13H2,1-2H3. The van der Waals surface area contributed by atoms with Crippen molar-refractivity contribution >= 4 is 0 Å². The molecule has 1 aliphatic carbocycles. The van der Waals surface area contributed by atoms with Crippen molar-refractivity contribution < 1.29 is 0 Å². The number of nitrogens with zero attached hydrogens (tertiary/aromatic N) is 2. The Morgan fingerprint density at radius 3 is 2.75 bits per heavy atom. The summed E-state index contributed by atoms with van der Waals surface area (Å²) in [5.74, 6) is 5.72. The molecule has 0 aromatic carbocycles. The summed E-state index contributed by atoms with van der Waals surface area (Å²) in [7, 11) is 1.95. The third kappa shape index (κ3) is 2.28. The van der Waals surface area contributed by atoms with E-state index in [1.807, 2.05) is 17.9 Å². The topological polar surface area (TPSA) is 55.9 Å². The predicted octanol–water partition coefficient (Wildman–Crippen LogP) is 1.37. The van der Waals surface area contributed by atoms with Gasteiger partial charge < -0.3 is 0 Å². The molecule has 1 heterocycles. The molecule has 1 atom stereocenters. The molecule has 1 unspecified atom stereocenters. The van der Waals surface area contributed by atoms with Crippen LogP contribution in [0.3, 0.4) is 0 Å². The minimum absolute atomic E-state index is 0.352. The first-order chi connectivity index (χ1) is 7.64. The third-order valence-corrected chi connectivity index (χ3v) is 3.99. The summed E-state index contributed by atoms with van der Waals surface area (Å²) in [4.78, 5) is 0. The fourth-order valence-corrected chi connectivity index (χ4v) is 2.85. The molecule has 0 aliphatic heterocycles. The minimum atomic E-state index is 0.352. The lowest BCUT2D eigenvalue weighted by atomic mass is 9.78. The van der Waals surface area contributed by atoms with Crippen LogP contribution in [-0.4, -0.2) is 15.8 Å². The average molecular weight is 222 g/mol. The Morgan fingerprint density at radius 2 is 2.25 bits per heavy atom. The van der Waals surface area contributed by atoms with Crippen LogP contribution in [-0.2, 0) is 13.5 Å². The Hall–Kier alpha value is -0.870. The molecular weight excluding hydrogens is 200 g/mol. The molecule has 16 heavy (non-hydrogen) atoms. The highest BCUT2D eigenvalue weighted by Crippen LogP contribution is 2.41. The van der Waals surface area contributed by atoms with Gasteiger partial charge >= 0.3 is 0 Å². The van der Waals surface area contributed by atoms with E-state index in [2.05, 4.69) is 23.6 Å². The number of hydrazine groups is 1. The van der Waals surface area contributed by atoms with Gasteiger partial charge in [-0.15, -0.1) is 0 Å². The van der Waals surface area contributed by atoms with Crippen LogP contribution in [0, 0.1) is 5.41 Å². The normalized spacial score (nSPS) is 21.2. The van der Waals surface area contributed by atoms with Gasteiger partial charge in [-0.3, -0.25) is 16.0 Å². The lowest BCUT2D eigenvalue weighted by Crippen LogP contribution is -2.47. The number of aryl methyl sites for hydroxylation is 1. The summed E-state index contributed by atoms with van der Waals surface area (Å²) < 4.78 is 1.85. The van der Waals surface area contributed by atoms with E-state index in [1.165, 1.54) is 31.2 Å². The monoisotopic (exact) mass is 222 g/mol. The molecule has 1 fully saturated rings. The van der Waals surface area contributed by atoms with Gasteiger partial charge in [0, 0.05) is 19.3 Å². The van der Waals surface area contributed by atoms with Crippen molar-refractivity contribution in [1.82, 2.24) is 15.2 Å². The summed E-state index contributed by atoms with van der Waals surface area (Å²) >= 11 is 0. The Bertz CT molecular complexity index is 339. The zero-order valence-electron chi connectivity index (χ0n) is 10.2. The number of nitrogens with one attached hydrogen (secondary N) is 1. The third-order valence-electron chi connectivity index (χ3n) is 3.99. The molecule has 1 saturated carbocycles. The molecule has 0 spiro atoms. The van der Waals surface area contributed by atoms with Gasteiger partial charge in [-0.1, -0.05) is 19.8 Å². The molecule has 2 rings (SSSR count). The van der Waals surface area contributed by atoms with Crippen LogP contribution < -0.4 is 11.3 Å². The lowest BCUT2D eigenvalue weighted by Gasteiger charge is -2.33. The van der Waals surface area contributed by atoms with E-state index >= 15 is 0 Å². The molecule has 90 valence electrons. The zero-order chi connectivity index (χ0) is 11.6. The fraction of sp³-hybridized carbons (Fsp3) is 0.750. The second kappa shape index (κ2) is 4.55. The van der Waals surface area contributed by atoms with Crippen molar-refractivity contribution in [1.29, 1.82) is 0 Å². The summed E-state index contributed by atoms with van der Waals surface area (Å²) in [6.07, 6.45) is 10.2. The van der Waals surface area contributed by atoms with E-state index in [0.717, 1.165) is 6.42 Å². The van der Waals surface area contributed by atoms with Crippen molar-refractivity contribution in [2.24, 2.45) is 18.3 Å². The fourth-order valence-electron chi connectivity index (χ4n) is 2.85. The highest BCUT2D eigenvalue weighted by Gasteiger charge is 2.36. The zero-order valence-corrected chi connectivity index (χ0v) is 10.2. The smallest absolute Gasteiger partial charge is 0.0522 e. The summed E-state index contributed by atoms with van der Waals surface area (Å²) in [6.45, 7) is 2.35. The molecule has 1 aromatic rings. The maximum absolute atomic E-state index is 5.72. The van der Waals surface area contributed by atoms with Crippen LogP contribution in [0.25, 0.3) is 0 Å². The van der Waals surface area contributed by atoms with Crippen LogP contribution in [0.5, 0.6) is 0 Å². The van der Waals surface area contributed by atoms with Gasteiger partial charge in [0.2, 0.25) is 0 Å². The molecule has 0 radical (unpaired) electrons. The van der Waals surface area contributed by atoms with Gasteiger partial charge in [-0.05, 0) is 30.2 Å². The van der Waals surface area contributed by atoms with E-state index in [0.29, 0.717) is 11.5 Å². The van der Waals surface area contributed by atoms with Crippen LogP contribution in [0.2, 0.25) is 0 Å². The van der Waals surface area contributed by atoms with E-state index in [4.69, 9.17) is 5.84 Å². The molecule has 3 N–H and O–H groups in total. The summed E-state index contributed by atoms with van der Waals surface area (Å²) in [5, 5.41) is 4.20. The van der Waals surface area contributed by atoms with Crippen molar-refractivity contribution in [2.45, 2.75) is 45.1 Å². The van der Waals surface area contributed by atoms with Crippen molar-refractivity contribution in [2.75, 3.05) is 0 Å². The Balaban J connectivity index is 2.05. The van der Waals surface area contributed by atoms with Gasteiger partial charge in [0.15, 0.2) is 0 Å². The van der Waals surface area contributed by atoms with E-state index in [1.54, 1.807) is 0 Å². The molecule has 4 heteroatoms. The Labute approximate surface area is 97.2 Å². The van der Waals surface area contributed by atoms with Gasteiger partial charge in [0.1, 0.15) is 0 Å². The second-order valence-electron chi connectivity index (χ2n) is 5.31. The van der Waals surface area contributed by atoms with Crippen molar-refractivity contribution in [3.8, 4) is 0 Å². The SMILES string of the molecule is Cn1cc(CC(NN)C2(C)CCCC2)cn1. The quantitative estimate of drug-likeness (QED) is 0.597. The molecular formula is C12H22N4. The van der Waals surface area contributed by atoms with Gasteiger partial charge in [-0.2, -0.15) is 5.10 Å². The molecule has 4 nitrogen and oxygen atoms in total. The number of rotatable bonds is 4. The minimum Gasteiger partial charge on any atom is -0.276 e. The second-order valence-corrected chi connectivity index (χ2v) is 5.31. The predicted molar refractivity (Wildman–Crippen MR) is 64.6 cm³/mol. The van der Waals surface area contributed by atoms with Crippen molar-refractivity contribution in [3.05, 3.63) is 18.0 Å². The number of hydrogen-bond donors (Lipinski definition) is 2. The number of aromatic nitrogens is 2. The van der Waals surface area contributed by atoms with E-state index in [-0.39, 0.29) is 0 Å². The maximum Gasteiger partial charge on any atom is 0.0522 e. The maximum atomic E-state index is 5.72. The number of nitrogens with two attached hydrogens (primary N) is 1. The summed E-state index contributed by atoms with van der Waals surface area (Å²) in [5.41, 5.74) is 4.62. The molecule has 1 aromatic heterocycles. The largest absolute Gasteiger partial charge is 0.276 e. The van der Waals surface area contributed by atoms with Crippen LogP contribution in [0.15, 0.2) is 12.4 Å². The highest BCUT2D eigenvalue weighted by molar-refractivity contribution is 5.08. The molecule has 0 saturated heterocycles. The first kappa shape index (κ1) is 11.6. The van der Waals surface area contributed by atoms with Gasteiger partial charge in [0.05, 0.1) is 6.20 Å². The Morgan fingerprint density at radius 1 is 1.56 bits per heavy atom. The lowest BCUT2D eigenvalue weighted by molar-refractivity contribution is 0.221. The average Bonchev–Trinajstić information content (AvgIpc) is 2.85. The molecule has 1 aliphatic rings. The Kier molecular flexibility index (Phi) is 3.30. The van der Waals surface area contributed by atoms with Crippen molar-refractivity contribution in [3.63, 3.8) is 0 Å². The van der Waals surface area contributed by atoms with E-state index in [9.17, 15) is 0 Å². The number of hydrogen-bond acceptors (Lipinski definition) is 3. The highest BCUT2D eigenvalue weighted by atomic mass is 15.3. The first-order valence-electron chi connectivity index (χ1n) is 6.08. The van der Waals surface area contributed by atoms with Crippen LogP contribution in [0.4, 0.5) is 0 Å². The van der Waals surface area contributed by atoms with Crippen LogP contribution in [0.1, 0.15) is 38.2 Å². The van der Waals surface area contributed by atoms with Crippen LogP contribution >= 0.6 is 0 Å². The van der Waals surface area contributed by atoms with E-state index < -0.39 is 0 Å². The molecule has 0 amide bonds. The van der Waals surface area contributed by atoms with Gasteiger partial charge in [-0.25, -0.2) is 0 Å². The first-order valence-corrected chi connectivity index (χ1v) is 6.08.